The average Bonchev–Trinajstić information content (AvgIpc) is 2.71. The first-order valence-electron chi connectivity index (χ1n) is 9.14. The number of nitrogens with zero attached hydrogens (tertiary/aromatic N) is 2. The Labute approximate surface area is 168 Å². The molecule has 2 aromatic carbocycles. The molecular weight excluding hydrogens is 376 g/mol. The van der Waals surface area contributed by atoms with Gasteiger partial charge in [-0.2, -0.15) is 5.10 Å². The van der Waals surface area contributed by atoms with E-state index >= 15 is 0 Å². The maximum absolute atomic E-state index is 12.1. The van der Waals surface area contributed by atoms with Crippen molar-refractivity contribution in [3.63, 3.8) is 0 Å². The number of anilines is 1. The van der Waals surface area contributed by atoms with Crippen molar-refractivity contribution in [1.82, 2.24) is 5.43 Å². The minimum absolute atomic E-state index is 0.0783. The van der Waals surface area contributed by atoms with Gasteiger partial charge in [-0.25, -0.2) is 5.43 Å². The lowest BCUT2D eigenvalue weighted by Gasteiger charge is -2.11. The van der Waals surface area contributed by atoms with Gasteiger partial charge in [0, 0.05) is 22.9 Å². The predicted molar refractivity (Wildman–Crippen MR) is 111 cm³/mol. The largest absolute Gasteiger partial charge is 0.493 e. The highest BCUT2D eigenvalue weighted by molar-refractivity contribution is 5.95. The minimum Gasteiger partial charge on any atom is -0.493 e. The summed E-state index contributed by atoms with van der Waals surface area (Å²) in [7, 11) is 1.40. The molecule has 0 unspecified atom stereocenters. The average molecular weight is 400 g/mol. The second kappa shape index (κ2) is 10.6. The number of nitro benzene ring substituents is 1. The summed E-state index contributed by atoms with van der Waals surface area (Å²) < 4.78 is 10.8. The van der Waals surface area contributed by atoms with Gasteiger partial charge in [0.25, 0.3) is 5.91 Å². The number of unbranched alkanes of at least 4 members (excludes halogenated alkanes) is 2. The first-order valence-corrected chi connectivity index (χ1v) is 9.14. The fourth-order valence-corrected chi connectivity index (χ4v) is 2.55. The fraction of sp³-hybridized carbons (Fsp3) is 0.300. The van der Waals surface area contributed by atoms with Gasteiger partial charge >= 0.3 is 5.69 Å². The first kappa shape index (κ1) is 21.7. The third-order valence-electron chi connectivity index (χ3n) is 4.00. The minimum atomic E-state index is -0.541. The van der Waals surface area contributed by atoms with Gasteiger partial charge < -0.3 is 15.2 Å². The van der Waals surface area contributed by atoms with Gasteiger partial charge in [0.05, 0.1) is 24.9 Å². The standard InChI is InChI=1S/C20H24N4O5/c1-3-4-5-9-29-19-17(24(26)27)10-14(11-18(19)28-2)13-22-23-20(25)15-7-6-8-16(21)12-15/h6-8,10-13H,3-5,9,21H2,1-2H3,(H,23,25)/b22-13-. The van der Waals surface area contributed by atoms with E-state index in [1.165, 1.54) is 25.5 Å². The molecule has 29 heavy (non-hydrogen) atoms. The van der Waals surface area contributed by atoms with Gasteiger partial charge in [-0.1, -0.05) is 25.8 Å². The van der Waals surface area contributed by atoms with E-state index in [-0.39, 0.29) is 17.2 Å². The van der Waals surface area contributed by atoms with Crippen molar-refractivity contribution in [2.45, 2.75) is 26.2 Å². The van der Waals surface area contributed by atoms with Gasteiger partial charge in [-0.3, -0.25) is 14.9 Å². The number of carbonyl (C=O) groups is 1. The molecule has 2 rings (SSSR count). The number of nitrogens with one attached hydrogen (secondary N) is 1. The summed E-state index contributed by atoms with van der Waals surface area (Å²) in [5.74, 6) is -0.153. The summed E-state index contributed by atoms with van der Waals surface area (Å²) in [5.41, 5.74) is 8.96. The second-order valence-electron chi connectivity index (χ2n) is 6.21. The zero-order valence-electron chi connectivity index (χ0n) is 16.4. The Morgan fingerprint density at radius 2 is 2.10 bits per heavy atom. The van der Waals surface area contributed by atoms with Crippen molar-refractivity contribution in [2.75, 3.05) is 19.5 Å². The third-order valence-corrected chi connectivity index (χ3v) is 4.00. The van der Waals surface area contributed by atoms with E-state index in [0.717, 1.165) is 19.3 Å². The summed E-state index contributed by atoms with van der Waals surface area (Å²) in [5, 5.41) is 15.3. The molecule has 0 aliphatic heterocycles. The van der Waals surface area contributed by atoms with Crippen LogP contribution in [0.1, 0.15) is 42.1 Å². The van der Waals surface area contributed by atoms with Gasteiger partial charge in [0.15, 0.2) is 5.75 Å². The Morgan fingerprint density at radius 3 is 2.76 bits per heavy atom. The Balaban J connectivity index is 2.17. The number of carbonyl (C=O) groups excluding carboxylic acids is 1. The van der Waals surface area contributed by atoms with E-state index in [1.807, 2.05) is 0 Å². The molecule has 0 fully saturated rings. The van der Waals surface area contributed by atoms with E-state index in [0.29, 0.717) is 23.4 Å². The summed E-state index contributed by atoms with van der Waals surface area (Å²) in [4.78, 5) is 23.0. The third kappa shape index (κ3) is 6.20. The number of ether oxygens (including phenoxy) is 2. The van der Waals surface area contributed by atoms with Crippen LogP contribution in [0.4, 0.5) is 11.4 Å². The number of nitrogens with two attached hydrogens (primary N) is 1. The number of hydrogen-bond acceptors (Lipinski definition) is 7. The molecule has 0 heterocycles. The number of amides is 1. The zero-order chi connectivity index (χ0) is 21.2. The molecule has 0 aliphatic rings. The zero-order valence-corrected chi connectivity index (χ0v) is 16.4. The van der Waals surface area contributed by atoms with Crippen molar-refractivity contribution >= 4 is 23.5 Å². The molecule has 0 radical (unpaired) electrons. The Morgan fingerprint density at radius 1 is 1.31 bits per heavy atom. The number of nitrogen functional groups attached to an aromatic ring is 1. The van der Waals surface area contributed by atoms with Crippen molar-refractivity contribution < 1.29 is 19.2 Å². The number of hydrogen-bond donors (Lipinski definition) is 2. The second-order valence-corrected chi connectivity index (χ2v) is 6.21. The lowest BCUT2D eigenvalue weighted by Crippen LogP contribution is -2.17. The van der Waals surface area contributed by atoms with Gasteiger partial charge in [0.2, 0.25) is 5.75 Å². The van der Waals surface area contributed by atoms with Crippen LogP contribution in [0.3, 0.4) is 0 Å². The van der Waals surface area contributed by atoms with Crippen molar-refractivity contribution in [3.8, 4) is 11.5 Å². The topological polar surface area (TPSA) is 129 Å². The molecule has 1 amide bonds. The summed E-state index contributed by atoms with van der Waals surface area (Å²) >= 11 is 0. The lowest BCUT2D eigenvalue weighted by atomic mass is 10.2. The van der Waals surface area contributed by atoms with Crippen LogP contribution in [-0.4, -0.2) is 30.8 Å². The molecule has 0 aliphatic carbocycles. The Bertz CT molecular complexity index is 898. The van der Waals surface area contributed by atoms with Crippen molar-refractivity contribution in [3.05, 3.63) is 57.6 Å². The molecule has 0 bridgehead atoms. The van der Waals surface area contributed by atoms with Gasteiger partial charge in [0.1, 0.15) is 0 Å². The van der Waals surface area contributed by atoms with Crippen LogP contribution >= 0.6 is 0 Å². The molecule has 3 N–H and O–H groups in total. The van der Waals surface area contributed by atoms with E-state index in [4.69, 9.17) is 15.2 Å². The normalized spacial score (nSPS) is 10.7. The van der Waals surface area contributed by atoms with Crippen LogP contribution in [0.2, 0.25) is 0 Å². The molecule has 9 heteroatoms. The van der Waals surface area contributed by atoms with E-state index in [9.17, 15) is 14.9 Å². The Hall–Kier alpha value is -3.62. The van der Waals surface area contributed by atoms with Gasteiger partial charge in [-0.05, 0) is 30.7 Å². The maximum Gasteiger partial charge on any atom is 0.315 e. The summed E-state index contributed by atoms with van der Waals surface area (Å²) in [6.07, 6.45) is 4.06. The van der Waals surface area contributed by atoms with E-state index < -0.39 is 10.8 Å². The molecule has 154 valence electrons. The summed E-state index contributed by atoms with van der Waals surface area (Å²) in [6, 6.07) is 9.30. The van der Waals surface area contributed by atoms with Gasteiger partial charge in [-0.15, -0.1) is 0 Å². The SMILES string of the molecule is CCCCCOc1c(OC)cc(/C=N\NC(=O)c2cccc(N)c2)cc1[N+](=O)[O-]. The van der Waals surface area contributed by atoms with Crippen LogP contribution in [-0.2, 0) is 0 Å². The first-order chi connectivity index (χ1) is 14.0. The molecular formula is C20H24N4O5. The molecule has 9 nitrogen and oxygen atoms in total. The molecule has 0 saturated carbocycles. The summed E-state index contributed by atoms with van der Waals surface area (Å²) in [6.45, 7) is 2.41. The van der Waals surface area contributed by atoms with Crippen LogP contribution in [0.15, 0.2) is 41.5 Å². The van der Waals surface area contributed by atoms with Crippen LogP contribution in [0, 0.1) is 10.1 Å². The lowest BCUT2D eigenvalue weighted by molar-refractivity contribution is -0.386. The smallest absolute Gasteiger partial charge is 0.315 e. The monoisotopic (exact) mass is 400 g/mol. The number of hydrazone groups is 1. The van der Waals surface area contributed by atoms with E-state index in [2.05, 4.69) is 17.5 Å². The van der Waals surface area contributed by atoms with Crippen molar-refractivity contribution in [2.24, 2.45) is 5.10 Å². The maximum atomic E-state index is 12.1. The molecule has 2 aromatic rings. The number of nitro groups is 1. The van der Waals surface area contributed by atoms with Crippen LogP contribution in [0.25, 0.3) is 0 Å². The van der Waals surface area contributed by atoms with Crippen molar-refractivity contribution in [1.29, 1.82) is 0 Å². The number of rotatable bonds is 10. The quantitative estimate of drug-likeness (QED) is 0.206. The highest BCUT2D eigenvalue weighted by Gasteiger charge is 2.22. The van der Waals surface area contributed by atoms with Crippen LogP contribution in [0.5, 0.6) is 11.5 Å². The van der Waals surface area contributed by atoms with E-state index in [1.54, 1.807) is 24.3 Å². The molecule has 0 aromatic heterocycles. The Kier molecular flexibility index (Phi) is 7.96. The fourth-order valence-electron chi connectivity index (χ4n) is 2.55. The molecule has 0 atom stereocenters. The molecule has 0 spiro atoms. The van der Waals surface area contributed by atoms with Crippen LogP contribution < -0.4 is 20.6 Å². The predicted octanol–water partition coefficient (Wildman–Crippen LogP) is 3.52. The number of benzene rings is 2. The highest BCUT2D eigenvalue weighted by Crippen LogP contribution is 2.38. The molecule has 0 saturated heterocycles. The highest BCUT2D eigenvalue weighted by atomic mass is 16.6. The number of methoxy groups -OCH3 is 1.